The van der Waals surface area contributed by atoms with Gasteiger partial charge in [0.25, 0.3) is 0 Å². The first-order valence-corrected chi connectivity index (χ1v) is 24.2. The van der Waals surface area contributed by atoms with Gasteiger partial charge in [-0.2, -0.15) is 0 Å². The SMILES string of the molecule is c1ccc(C2(c3ccccc3)c3ccccc3-c3c(N(c4ccc(-c5ccc(-c6ccc7ccccc7c6)cc5)cc4)c4cccc(-c5ccc(-c6ccc7ccccc7c6)cc5)c4)cccc32)cc1. The Balaban J connectivity index is 0.940. The average Bonchev–Trinajstić information content (AvgIpc) is 3.75. The largest absolute Gasteiger partial charge is 0.310 e. The molecule has 0 radical (unpaired) electrons. The van der Waals surface area contributed by atoms with Crippen LogP contribution in [0.15, 0.2) is 285 Å². The molecule has 12 aromatic carbocycles. The lowest BCUT2D eigenvalue weighted by atomic mass is 9.68. The second-order valence-electron chi connectivity index (χ2n) is 18.4. The molecule has 0 bridgehead atoms. The molecule has 12 aromatic rings. The van der Waals surface area contributed by atoms with E-state index in [-0.39, 0.29) is 0 Å². The van der Waals surface area contributed by atoms with Crippen LogP contribution in [0.2, 0.25) is 0 Å². The second kappa shape index (κ2) is 17.2. The quantitative estimate of drug-likeness (QED) is 0.140. The molecule has 13 rings (SSSR count). The average molecular weight is 890 g/mol. The lowest BCUT2D eigenvalue weighted by Gasteiger charge is -2.34. The zero-order valence-corrected chi connectivity index (χ0v) is 38.6. The Bertz CT molecular complexity index is 3810. The number of anilines is 3. The van der Waals surface area contributed by atoms with Gasteiger partial charge in [-0.05, 0) is 136 Å². The Morgan fingerprint density at radius 3 is 1.21 bits per heavy atom. The van der Waals surface area contributed by atoms with Crippen molar-refractivity contribution in [2.75, 3.05) is 4.90 Å². The molecule has 0 aromatic heterocycles. The Hall–Kier alpha value is -9.04. The number of nitrogens with zero attached hydrogens (tertiary/aromatic N) is 1. The van der Waals surface area contributed by atoms with E-state index in [9.17, 15) is 0 Å². The molecule has 1 aliphatic rings. The number of hydrogen-bond acceptors (Lipinski definition) is 1. The van der Waals surface area contributed by atoms with E-state index in [0.717, 1.165) is 22.6 Å². The first-order chi connectivity index (χ1) is 34.7. The van der Waals surface area contributed by atoms with Crippen molar-refractivity contribution >= 4 is 38.6 Å². The number of benzene rings is 12. The summed E-state index contributed by atoms with van der Waals surface area (Å²) in [5.74, 6) is 0. The molecule has 0 saturated heterocycles. The number of fused-ring (bicyclic) bond motifs is 5. The number of rotatable bonds is 9. The third-order valence-electron chi connectivity index (χ3n) is 14.5. The molecule has 0 atom stereocenters. The molecule has 1 heteroatoms. The molecule has 0 N–H and O–H groups in total. The summed E-state index contributed by atoms with van der Waals surface area (Å²) in [6, 6.07) is 105. The third-order valence-corrected chi connectivity index (χ3v) is 14.5. The first kappa shape index (κ1) is 41.2. The van der Waals surface area contributed by atoms with Crippen molar-refractivity contribution in [2.45, 2.75) is 5.41 Å². The molecular formula is C69H47N. The second-order valence-corrected chi connectivity index (χ2v) is 18.4. The Morgan fingerprint density at radius 2 is 0.657 bits per heavy atom. The summed E-state index contributed by atoms with van der Waals surface area (Å²) in [6.07, 6.45) is 0. The summed E-state index contributed by atoms with van der Waals surface area (Å²) in [5.41, 5.74) is 19.9. The van der Waals surface area contributed by atoms with Crippen LogP contribution in [0.3, 0.4) is 0 Å². The van der Waals surface area contributed by atoms with Gasteiger partial charge in [0.05, 0.1) is 11.1 Å². The number of hydrogen-bond donors (Lipinski definition) is 0. The van der Waals surface area contributed by atoms with Gasteiger partial charge in [0, 0.05) is 16.9 Å². The topological polar surface area (TPSA) is 3.24 Å². The summed E-state index contributed by atoms with van der Waals surface area (Å²) in [7, 11) is 0. The van der Waals surface area contributed by atoms with Crippen LogP contribution in [0.4, 0.5) is 17.1 Å². The molecule has 0 saturated carbocycles. The first-order valence-electron chi connectivity index (χ1n) is 24.2. The molecular weight excluding hydrogens is 843 g/mol. The summed E-state index contributed by atoms with van der Waals surface area (Å²) < 4.78 is 0. The summed E-state index contributed by atoms with van der Waals surface area (Å²) >= 11 is 0. The van der Waals surface area contributed by atoms with Gasteiger partial charge in [-0.1, -0.05) is 243 Å². The van der Waals surface area contributed by atoms with E-state index >= 15 is 0 Å². The van der Waals surface area contributed by atoms with Gasteiger partial charge in [-0.3, -0.25) is 0 Å². The lowest BCUT2D eigenvalue weighted by molar-refractivity contribution is 0.768. The molecule has 0 spiro atoms. The highest BCUT2D eigenvalue weighted by Gasteiger charge is 2.47. The van der Waals surface area contributed by atoms with E-state index in [0.29, 0.717) is 0 Å². The van der Waals surface area contributed by atoms with E-state index in [1.807, 2.05) is 0 Å². The maximum absolute atomic E-state index is 2.47. The van der Waals surface area contributed by atoms with Crippen LogP contribution in [0.25, 0.3) is 77.2 Å². The van der Waals surface area contributed by atoms with Gasteiger partial charge < -0.3 is 4.90 Å². The molecule has 1 aliphatic carbocycles. The van der Waals surface area contributed by atoms with Crippen LogP contribution in [0.5, 0.6) is 0 Å². The maximum Gasteiger partial charge on any atom is 0.0714 e. The molecule has 0 heterocycles. The minimum atomic E-state index is -0.520. The molecule has 0 aliphatic heterocycles. The highest BCUT2D eigenvalue weighted by Crippen LogP contribution is 2.59. The van der Waals surface area contributed by atoms with Crippen LogP contribution in [-0.2, 0) is 5.41 Å². The van der Waals surface area contributed by atoms with E-state index < -0.39 is 5.41 Å². The van der Waals surface area contributed by atoms with Crippen LogP contribution >= 0.6 is 0 Å². The standard InChI is InChI=1S/C69H47N/c1-3-20-60(21-4-1)69(61-22-5-2-6-23-61)65-26-12-11-25-64(65)68-66(69)27-14-28-67(68)70(62-43-41-51(42-44-62)50-29-31-53(32-30-50)58-39-37-48-15-7-9-17-55(48)45-58)63-24-13-19-57(47-63)52-33-35-54(36-34-52)59-40-38-49-16-8-10-18-56(49)46-59/h1-47H. The molecule has 1 nitrogen and oxygen atoms in total. The fraction of sp³-hybridized carbons (Fsp3) is 0.0145. The van der Waals surface area contributed by atoms with Gasteiger partial charge in [-0.25, -0.2) is 0 Å². The smallest absolute Gasteiger partial charge is 0.0714 e. The normalized spacial score (nSPS) is 12.4. The van der Waals surface area contributed by atoms with Crippen LogP contribution in [0.1, 0.15) is 22.3 Å². The van der Waals surface area contributed by atoms with Crippen molar-refractivity contribution in [1.29, 1.82) is 0 Å². The van der Waals surface area contributed by atoms with E-state index in [1.165, 1.54) is 93.9 Å². The molecule has 0 unspecified atom stereocenters. The molecule has 328 valence electrons. The Morgan fingerprint density at radius 1 is 0.243 bits per heavy atom. The van der Waals surface area contributed by atoms with Gasteiger partial charge in [0.2, 0.25) is 0 Å². The van der Waals surface area contributed by atoms with E-state index in [1.54, 1.807) is 0 Å². The minimum Gasteiger partial charge on any atom is -0.310 e. The highest BCUT2D eigenvalue weighted by atomic mass is 15.1. The lowest BCUT2D eigenvalue weighted by Crippen LogP contribution is -2.28. The minimum absolute atomic E-state index is 0.520. The van der Waals surface area contributed by atoms with Gasteiger partial charge >= 0.3 is 0 Å². The van der Waals surface area contributed by atoms with Gasteiger partial charge in [-0.15, -0.1) is 0 Å². The fourth-order valence-electron chi connectivity index (χ4n) is 11.2. The van der Waals surface area contributed by atoms with Crippen molar-refractivity contribution in [3.8, 4) is 55.6 Å². The maximum atomic E-state index is 2.47. The van der Waals surface area contributed by atoms with Crippen molar-refractivity contribution in [3.63, 3.8) is 0 Å². The van der Waals surface area contributed by atoms with Crippen LogP contribution in [0, 0.1) is 0 Å². The molecule has 70 heavy (non-hydrogen) atoms. The Labute approximate surface area is 409 Å². The predicted molar refractivity (Wildman–Crippen MR) is 295 cm³/mol. The Kier molecular flexibility index (Phi) is 10.1. The fourth-order valence-corrected chi connectivity index (χ4v) is 11.2. The van der Waals surface area contributed by atoms with Crippen molar-refractivity contribution < 1.29 is 0 Å². The summed E-state index contributed by atoms with van der Waals surface area (Å²) in [5, 5.41) is 5.01. The van der Waals surface area contributed by atoms with Gasteiger partial charge in [0.1, 0.15) is 0 Å². The van der Waals surface area contributed by atoms with Crippen molar-refractivity contribution in [2.24, 2.45) is 0 Å². The van der Waals surface area contributed by atoms with E-state index in [2.05, 4.69) is 290 Å². The highest BCUT2D eigenvalue weighted by molar-refractivity contribution is 5.98. The van der Waals surface area contributed by atoms with Crippen LogP contribution < -0.4 is 4.90 Å². The van der Waals surface area contributed by atoms with E-state index in [4.69, 9.17) is 0 Å². The van der Waals surface area contributed by atoms with Crippen molar-refractivity contribution in [3.05, 3.63) is 307 Å². The zero-order valence-electron chi connectivity index (χ0n) is 38.6. The monoisotopic (exact) mass is 889 g/mol. The third kappa shape index (κ3) is 7.02. The van der Waals surface area contributed by atoms with Gasteiger partial charge in [0.15, 0.2) is 0 Å². The summed E-state index contributed by atoms with van der Waals surface area (Å²) in [6.45, 7) is 0. The zero-order chi connectivity index (χ0) is 46.4. The molecule has 0 fully saturated rings. The van der Waals surface area contributed by atoms with Crippen molar-refractivity contribution in [1.82, 2.24) is 0 Å². The van der Waals surface area contributed by atoms with Crippen LogP contribution in [-0.4, -0.2) is 0 Å². The summed E-state index contributed by atoms with van der Waals surface area (Å²) in [4.78, 5) is 2.47. The predicted octanol–water partition coefficient (Wildman–Crippen LogP) is 18.5. The molecule has 0 amide bonds.